The molecule has 1 aliphatic carbocycles. The number of nitrogens with two attached hydrogens (primary N) is 1. The summed E-state index contributed by atoms with van der Waals surface area (Å²) in [6, 6.07) is 6.54. The molecule has 0 radical (unpaired) electrons. The van der Waals surface area contributed by atoms with E-state index in [9.17, 15) is 4.79 Å². The number of amides is 1. The fourth-order valence-corrected chi connectivity index (χ4v) is 3.35. The number of carbonyl (C=O) groups is 1. The molecule has 2 nitrogen and oxygen atoms in total. The third kappa shape index (κ3) is 2.92. The minimum absolute atomic E-state index is 0.174. The smallest absolute Gasteiger partial charge is 0.218 e. The van der Waals surface area contributed by atoms with Gasteiger partial charge in [-0.25, -0.2) is 0 Å². The molecule has 0 aliphatic heterocycles. The summed E-state index contributed by atoms with van der Waals surface area (Å²) in [5.41, 5.74) is 9.34. The van der Waals surface area contributed by atoms with Gasteiger partial charge >= 0.3 is 0 Å². The Balaban J connectivity index is 2.29. The minimum atomic E-state index is -0.174. The van der Waals surface area contributed by atoms with Crippen LogP contribution in [0.15, 0.2) is 18.2 Å². The second-order valence-electron chi connectivity index (χ2n) is 5.68. The molecule has 0 spiro atoms. The van der Waals surface area contributed by atoms with Crippen LogP contribution >= 0.6 is 0 Å². The monoisotopic (exact) mass is 245 g/mol. The number of aryl methyl sites for hydroxylation is 2. The molecule has 0 saturated heterocycles. The van der Waals surface area contributed by atoms with E-state index in [0.29, 0.717) is 18.3 Å². The summed E-state index contributed by atoms with van der Waals surface area (Å²) in [4.78, 5) is 11.3. The summed E-state index contributed by atoms with van der Waals surface area (Å²) in [5, 5.41) is 0. The Bertz CT molecular complexity index is 433. The zero-order chi connectivity index (χ0) is 13.1. The molecule has 1 unspecified atom stereocenters. The highest BCUT2D eigenvalue weighted by atomic mass is 16.1. The molecule has 1 fully saturated rings. The second-order valence-corrected chi connectivity index (χ2v) is 5.68. The van der Waals surface area contributed by atoms with Crippen molar-refractivity contribution in [2.75, 3.05) is 0 Å². The predicted octanol–water partition coefficient (Wildman–Crippen LogP) is 3.45. The average molecular weight is 245 g/mol. The quantitative estimate of drug-likeness (QED) is 0.867. The van der Waals surface area contributed by atoms with Crippen molar-refractivity contribution in [1.82, 2.24) is 0 Å². The summed E-state index contributed by atoms with van der Waals surface area (Å²) in [6.07, 6.45) is 5.57. The van der Waals surface area contributed by atoms with Crippen LogP contribution < -0.4 is 5.73 Å². The molecule has 2 N–H and O–H groups in total. The Morgan fingerprint density at radius 2 is 2.00 bits per heavy atom. The highest BCUT2D eigenvalue weighted by Gasteiger charge is 2.28. The van der Waals surface area contributed by atoms with Gasteiger partial charge in [0.2, 0.25) is 5.91 Å². The highest BCUT2D eigenvalue weighted by Crippen LogP contribution is 2.40. The van der Waals surface area contributed by atoms with Crippen LogP contribution in [0.25, 0.3) is 0 Å². The minimum Gasteiger partial charge on any atom is -0.370 e. The molecule has 98 valence electrons. The van der Waals surface area contributed by atoms with Crippen LogP contribution in [-0.2, 0) is 4.79 Å². The third-order valence-electron chi connectivity index (χ3n) is 4.21. The molecule has 2 heteroatoms. The molecule has 1 amide bonds. The molecule has 1 saturated carbocycles. The number of primary amides is 1. The lowest BCUT2D eigenvalue weighted by molar-refractivity contribution is -0.118. The van der Waals surface area contributed by atoms with E-state index >= 15 is 0 Å². The van der Waals surface area contributed by atoms with Gasteiger partial charge in [-0.1, -0.05) is 36.6 Å². The maximum absolute atomic E-state index is 11.3. The van der Waals surface area contributed by atoms with E-state index in [4.69, 9.17) is 5.73 Å². The van der Waals surface area contributed by atoms with Gasteiger partial charge in [0.15, 0.2) is 0 Å². The van der Waals surface area contributed by atoms with Crippen molar-refractivity contribution in [2.24, 2.45) is 11.7 Å². The standard InChI is InChI=1S/C16H23NO/c1-11-7-8-14(12(2)9-11)15(10-16(17)18)13-5-3-4-6-13/h7-9,13,15H,3-6,10H2,1-2H3,(H2,17,18). The van der Waals surface area contributed by atoms with Crippen molar-refractivity contribution in [1.29, 1.82) is 0 Å². The Morgan fingerprint density at radius 3 is 2.56 bits per heavy atom. The predicted molar refractivity (Wildman–Crippen MR) is 74.4 cm³/mol. The molecule has 0 bridgehead atoms. The summed E-state index contributed by atoms with van der Waals surface area (Å²) in [7, 11) is 0. The fourth-order valence-electron chi connectivity index (χ4n) is 3.35. The van der Waals surface area contributed by atoms with Gasteiger partial charge in [-0.2, -0.15) is 0 Å². The molecule has 1 aliphatic rings. The van der Waals surface area contributed by atoms with Crippen molar-refractivity contribution in [3.05, 3.63) is 34.9 Å². The van der Waals surface area contributed by atoms with E-state index < -0.39 is 0 Å². The number of hydrogen-bond acceptors (Lipinski definition) is 1. The fraction of sp³-hybridized carbons (Fsp3) is 0.562. The SMILES string of the molecule is Cc1ccc(C(CC(N)=O)C2CCCC2)c(C)c1. The van der Waals surface area contributed by atoms with Gasteiger partial charge in [0, 0.05) is 6.42 Å². The Morgan fingerprint density at radius 1 is 1.33 bits per heavy atom. The zero-order valence-electron chi connectivity index (χ0n) is 11.4. The van der Waals surface area contributed by atoms with E-state index in [2.05, 4.69) is 32.0 Å². The van der Waals surface area contributed by atoms with E-state index in [1.54, 1.807) is 0 Å². The van der Waals surface area contributed by atoms with Gasteiger partial charge < -0.3 is 5.73 Å². The first-order chi connectivity index (χ1) is 8.58. The maximum atomic E-state index is 11.3. The molecular weight excluding hydrogens is 222 g/mol. The summed E-state index contributed by atoms with van der Waals surface area (Å²) in [6.45, 7) is 4.25. The molecule has 2 rings (SSSR count). The van der Waals surface area contributed by atoms with Crippen LogP contribution in [0.2, 0.25) is 0 Å². The molecule has 18 heavy (non-hydrogen) atoms. The van der Waals surface area contributed by atoms with Gasteiger partial charge in [0.1, 0.15) is 0 Å². The lowest BCUT2D eigenvalue weighted by Crippen LogP contribution is -2.20. The van der Waals surface area contributed by atoms with Crippen LogP contribution in [0.5, 0.6) is 0 Å². The van der Waals surface area contributed by atoms with Crippen molar-refractivity contribution in [3.8, 4) is 0 Å². The molecule has 1 aromatic carbocycles. The van der Waals surface area contributed by atoms with Gasteiger partial charge in [-0.05, 0) is 49.7 Å². The first-order valence-corrected chi connectivity index (χ1v) is 6.93. The summed E-state index contributed by atoms with van der Waals surface area (Å²) in [5.74, 6) is 0.788. The molecule has 0 aromatic heterocycles. The molecule has 1 aromatic rings. The van der Waals surface area contributed by atoms with Crippen LogP contribution in [0.4, 0.5) is 0 Å². The van der Waals surface area contributed by atoms with E-state index in [-0.39, 0.29) is 5.91 Å². The highest BCUT2D eigenvalue weighted by molar-refractivity contribution is 5.75. The van der Waals surface area contributed by atoms with Crippen molar-refractivity contribution in [2.45, 2.75) is 51.9 Å². The van der Waals surface area contributed by atoms with Gasteiger partial charge in [-0.15, -0.1) is 0 Å². The van der Waals surface area contributed by atoms with Crippen molar-refractivity contribution < 1.29 is 4.79 Å². The number of hydrogen-bond donors (Lipinski definition) is 1. The Labute approximate surface area is 110 Å². The topological polar surface area (TPSA) is 43.1 Å². The normalized spacial score (nSPS) is 17.9. The van der Waals surface area contributed by atoms with E-state index in [0.717, 1.165) is 0 Å². The molecule has 1 atom stereocenters. The van der Waals surface area contributed by atoms with Gasteiger partial charge in [-0.3, -0.25) is 4.79 Å². The largest absolute Gasteiger partial charge is 0.370 e. The summed E-state index contributed by atoms with van der Waals surface area (Å²) < 4.78 is 0. The Kier molecular flexibility index (Phi) is 4.05. The third-order valence-corrected chi connectivity index (χ3v) is 4.21. The van der Waals surface area contributed by atoms with Gasteiger partial charge in [0.05, 0.1) is 0 Å². The lowest BCUT2D eigenvalue weighted by atomic mass is 9.80. The average Bonchev–Trinajstić information content (AvgIpc) is 2.79. The van der Waals surface area contributed by atoms with Crippen LogP contribution in [0.3, 0.4) is 0 Å². The zero-order valence-corrected chi connectivity index (χ0v) is 11.4. The van der Waals surface area contributed by atoms with Crippen LogP contribution in [0.1, 0.15) is 54.7 Å². The Hall–Kier alpha value is -1.31. The first kappa shape index (κ1) is 13.1. The second kappa shape index (κ2) is 5.55. The van der Waals surface area contributed by atoms with Crippen LogP contribution in [-0.4, -0.2) is 5.91 Å². The van der Waals surface area contributed by atoms with E-state index in [1.807, 2.05) is 0 Å². The maximum Gasteiger partial charge on any atom is 0.218 e. The first-order valence-electron chi connectivity index (χ1n) is 6.93. The molecule has 0 heterocycles. The number of rotatable bonds is 4. The number of benzene rings is 1. The van der Waals surface area contributed by atoms with Gasteiger partial charge in [0.25, 0.3) is 0 Å². The number of carbonyl (C=O) groups excluding carboxylic acids is 1. The summed E-state index contributed by atoms with van der Waals surface area (Å²) >= 11 is 0. The van der Waals surface area contributed by atoms with Crippen molar-refractivity contribution in [3.63, 3.8) is 0 Å². The van der Waals surface area contributed by atoms with Crippen molar-refractivity contribution >= 4 is 5.91 Å². The lowest BCUT2D eigenvalue weighted by Gasteiger charge is -2.24. The molecular formula is C16H23NO. The van der Waals surface area contributed by atoms with E-state index in [1.165, 1.54) is 42.4 Å². The van der Waals surface area contributed by atoms with Crippen LogP contribution in [0, 0.1) is 19.8 Å².